The molecule has 0 atom stereocenters. The van der Waals surface area contributed by atoms with E-state index in [0.29, 0.717) is 15.2 Å². The first kappa shape index (κ1) is 17.4. The normalized spacial score (nSPS) is 11.0. The number of rotatable bonds is 5. The van der Waals surface area contributed by atoms with E-state index < -0.39 is 5.97 Å². The lowest BCUT2D eigenvalue weighted by Gasteiger charge is -2.00. The molecule has 0 aliphatic rings. The quantitative estimate of drug-likeness (QED) is 0.459. The van der Waals surface area contributed by atoms with Crippen LogP contribution in [0.2, 0.25) is 10.0 Å². The Morgan fingerprint density at radius 1 is 1.20 bits per heavy atom. The van der Waals surface area contributed by atoms with Crippen LogP contribution in [0.25, 0.3) is 11.3 Å². The molecule has 0 amide bonds. The number of hydrogen-bond acceptors (Lipinski definition) is 5. The molecule has 1 heterocycles. The molecule has 0 aliphatic carbocycles. The van der Waals surface area contributed by atoms with Crippen molar-refractivity contribution in [3.8, 4) is 11.3 Å². The van der Waals surface area contributed by atoms with Gasteiger partial charge in [-0.25, -0.2) is 9.78 Å². The second kappa shape index (κ2) is 7.65. The minimum atomic E-state index is -0.960. The van der Waals surface area contributed by atoms with Gasteiger partial charge in [0, 0.05) is 16.0 Å². The molecule has 2 N–H and O–H groups in total. The molecule has 5 nitrogen and oxygen atoms in total. The summed E-state index contributed by atoms with van der Waals surface area (Å²) in [6.07, 6.45) is 1.59. The topological polar surface area (TPSA) is 74.6 Å². The first-order valence-electron chi connectivity index (χ1n) is 7.06. The highest BCUT2D eigenvalue weighted by Crippen LogP contribution is 2.32. The summed E-state index contributed by atoms with van der Waals surface area (Å²) in [5.41, 5.74) is 5.37. The fraction of sp³-hybridized carbons (Fsp3) is 0. The van der Waals surface area contributed by atoms with Gasteiger partial charge in [-0.2, -0.15) is 5.10 Å². The van der Waals surface area contributed by atoms with Gasteiger partial charge in [-0.3, -0.25) is 5.43 Å². The smallest absolute Gasteiger partial charge is 0.335 e. The van der Waals surface area contributed by atoms with E-state index in [9.17, 15) is 4.79 Å². The lowest BCUT2D eigenvalue weighted by molar-refractivity contribution is 0.0697. The maximum atomic E-state index is 10.8. The monoisotopic (exact) mass is 391 g/mol. The fourth-order valence-electron chi connectivity index (χ4n) is 2.02. The van der Waals surface area contributed by atoms with Crippen LogP contribution in [0.4, 0.5) is 5.13 Å². The Morgan fingerprint density at radius 2 is 1.96 bits per heavy atom. The minimum Gasteiger partial charge on any atom is -0.478 e. The van der Waals surface area contributed by atoms with Gasteiger partial charge >= 0.3 is 5.97 Å². The van der Waals surface area contributed by atoms with Crippen molar-refractivity contribution in [2.45, 2.75) is 0 Å². The zero-order chi connectivity index (χ0) is 17.8. The Balaban J connectivity index is 1.68. The second-order valence-corrected chi connectivity index (χ2v) is 6.66. The van der Waals surface area contributed by atoms with Gasteiger partial charge in [0.15, 0.2) is 0 Å². The average Bonchev–Trinajstić information content (AvgIpc) is 3.04. The maximum Gasteiger partial charge on any atom is 0.335 e. The van der Waals surface area contributed by atoms with Gasteiger partial charge in [-0.15, -0.1) is 11.3 Å². The third-order valence-electron chi connectivity index (χ3n) is 3.24. The number of carbonyl (C=O) groups is 1. The lowest BCUT2D eigenvalue weighted by Crippen LogP contribution is -1.96. The molecular weight excluding hydrogens is 381 g/mol. The number of thiazole rings is 1. The van der Waals surface area contributed by atoms with Crippen LogP contribution in [0, 0.1) is 0 Å². The number of aromatic carboxylic acids is 1. The van der Waals surface area contributed by atoms with Crippen molar-refractivity contribution < 1.29 is 9.90 Å². The molecule has 126 valence electrons. The summed E-state index contributed by atoms with van der Waals surface area (Å²) in [7, 11) is 0. The van der Waals surface area contributed by atoms with Gasteiger partial charge in [0.25, 0.3) is 0 Å². The van der Waals surface area contributed by atoms with E-state index in [1.807, 2.05) is 11.4 Å². The van der Waals surface area contributed by atoms with Crippen LogP contribution in [0.15, 0.2) is 52.9 Å². The van der Waals surface area contributed by atoms with E-state index in [-0.39, 0.29) is 5.56 Å². The highest BCUT2D eigenvalue weighted by molar-refractivity contribution is 7.14. The van der Waals surface area contributed by atoms with Crippen LogP contribution in [-0.4, -0.2) is 22.3 Å². The second-order valence-electron chi connectivity index (χ2n) is 4.96. The molecule has 0 unspecified atom stereocenters. The zero-order valence-corrected chi connectivity index (χ0v) is 14.9. The van der Waals surface area contributed by atoms with Crippen molar-refractivity contribution in [1.29, 1.82) is 0 Å². The number of nitrogens with zero attached hydrogens (tertiary/aromatic N) is 2. The van der Waals surface area contributed by atoms with Crippen molar-refractivity contribution in [3.05, 3.63) is 69.0 Å². The third kappa shape index (κ3) is 4.36. The number of nitrogens with one attached hydrogen (secondary N) is 1. The van der Waals surface area contributed by atoms with Gasteiger partial charge in [-0.1, -0.05) is 35.3 Å². The molecule has 3 aromatic rings. The molecule has 0 radical (unpaired) electrons. The van der Waals surface area contributed by atoms with Gasteiger partial charge < -0.3 is 5.11 Å². The van der Waals surface area contributed by atoms with Crippen LogP contribution < -0.4 is 5.43 Å². The van der Waals surface area contributed by atoms with Gasteiger partial charge in [-0.05, 0) is 35.9 Å². The molecule has 0 fully saturated rings. The van der Waals surface area contributed by atoms with Gasteiger partial charge in [0.1, 0.15) is 0 Å². The predicted molar refractivity (Wildman–Crippen MR) is 102 cm³/mol. The maximum absolute atomic E-state index is 10.8. The Hall–Kier alpha value is -2.41. The molecular formula is C17H11Cl2N3O2S. The van der Waals surface area contributed by atoms with Crippen molar-refractivity contribution in [2.24, 2.45) is 5.10 Å². The van der Waals surface area contributed by atoms with Crippen LogP contribution in [0.5, 0.6) is 0 Å². The molecule has 2 aromatic carbocycles. The number of aromatic nitrogens is 1. The number of halogens is 2. The van der Waals surface area contributed by atoms with E-state index in [0.717, 1.165) is 16.8 Å². The Kier molecular flexibility index (Phi) is 5.33. The Labute approximate surface area is 157 Å². The first-order chi connectivity index (χ1) is 12.0. The van der Waals surface area contributed by atoms with E-state index in [2.05, 4.69) is 15.5 Å². The molecule has 3 rings (SSSR count). The highest BCUT2D eigenvalue weighted by Gasteiger charge is 2.08. The average molecular weight is 392 g/mol. The van der Waals surface area contributed by atoms with Crippen molar-refractivity contribution in [2.75, 3.05) is 5.43 Å². The number of benzene rings is 2. The van der Waals surface area contributed by atoms with E-state index in [4.69, 9.17) is 28.3 Å². The SMILES string of the molecule is O=C(O)c1ccc(/C=N\Nc2nc(-c3ccc(Cl)cc3Cl)cs2)cc1. The highest BCUT2D eigenvalue weighted by atomic mass is 35.5. The Morgan fingerprint density at radius 3 is 2.64 bits per heavy atom. The summed E-state index contributed by atoms with van der Waals surface area (Å²) >= 11 is 13.5. The summed E-state index contributed by atoms with van der Waals surface area (Å²) in [5, 5.41) is 16.5. The number of carboxylic acid groups (broad SMARTS) is 1. The van der Waals surface area contributed by atoms with Gasteiger partial charge in [0.05, 0.1) is 22.5 Å². The summed E-state index contributed by atoms with van der Waals surface area (Å²) in [6.45, 7) is 0. The molecule has 1 aromatic heterocycles. The van der Waals surface area contributed by atoms with Crippen LogP contribution >= 0.6 is 34.5 Å². The molecule has 0 saturated carbocycles. The first-order valence-corrected chi connectivity index (χ1v) is 8.70. The number of hydrogen-bond donors (Lipinski definition) is 2. The minimum absolute atomic E-state index is 0.231. The number of hydrazone groups is 1. The van der Waals surface area contributed by atoms with E-state index in [1.54, 1.807) is 30.5 Å². The summed E-state index contributed by atoms with van der Waals surface area (Å²) in [5.74, 6) is -0.960. The molecule has 0 aliphatic heterocycles. The standard InChI is InChI=1S/C17H11Cl2N3O2S/c18-12-5-6-13(14(19)7-12)15-9-25-17(21-15)22-20-8-10-1-3-11(4-2-10)16(23)24/h1-9H,(H,21,22)(H,23,24)/b20-8-. The van der Waals surface area contributed by atoms with Crippen molar-refractivity contribution >= 4 is 51.9 Å². The van der Waals surface area contributed by atoms with Crippen molar-refractivity contribution in [3.63, 3.8) is 0 Å². The molecule has 0 bridgehead atoms. The van der Waals surface area contributed by atoms with Crippen LogP contribution in [-0.2, 0) is 0 Å². The molecule has 0 saturated heterocycles. The van der Waals surface area contributed by atoms with Crippen LogP contribution in [0.1, 0.15) is 15.9 Å². The largest absolute Gasteiger partial charge is 0.478 e. The summed E-state index contributed by atoms with van der Waals surface area (Å²) < 4.78 is 0. The van der Waals surface area contributed by atoms with E-state index in [1.165, 1.54) is 23.5 Å². The summed E-state index contributed by atoms with van der Waals surface area (Å²) in [6, 6.07) is 11.6. The Bertz CT molecular complexity index is 939. The third-order valence-corrected chi connectivity index (χ3v) is 4.54. The zero-order valence-electron chi connectivity index (χ0n) is 12.6. The van der Waals surface area contributed by atoms with Crippen LogP contribution in [0.3, 0.4) is 0 Å². The molecule has 25 heavy (non-hydrogen) atoms. The molecule has 0 spiro atoms. The molecule has 8 heteroatoms. The van der Waals surface area contributed by atoms with Crippen molar-refractivity contribution in [1.82, 2.24) is 4.98 Å². The van der Waals surface area contributed by atoms with Gasteiger partial charge in [0.2, 0.25) is 5.13 Å². The lowest BCUT2D eigenvalue weighted by atomic mass is 10.1. The number of anilines is 1. The fourth-order valence-corrected chi connectivity index (χ4v) is 3.18. The number of carboxylic acids is 1. The van der Waals surface area contributed by atoms with E-state index >= 15 is 0 Å². The summed E-state index contributed by atoms with van der Waals surface area (Å²) in [4.78, 5) is 15.2. The predicted octanol–water partition coefficient (Wildman–Crippen LogP) is 5.26.